The third-order valence-corrected chi connectivity index (χ3v) is 4.56. The lowest BCUT2D eigenvalue weighted by molar-refractivity contribution is 0.0648. The molecule has 0 aliphatic rings. The molecule has 0 aromatic carbocycles. The highest BCUT2D eigenvalue weighted by Crippen LogP contribution is 2.46. The molecule has 16 heavy (non-hydrogen) atoms. The first-order valence-corrected chi connectivity index (χ1v) is 7.55. The number of unbranched alkanes of at least 4 members (excludes halogenated alkanes) is 1. The van der Waals surface area contributed by atoms with Crippen molar-refractivity contribution in [2.24, 2.45) is 17.3 Å². The molecule has 98 valence electrons. The first-order chi connectivity index (χ1) is 7.55. The van der Waals surface area contributed by atoms with Crippen molar-refractivity contribution >= 4 is 0 Å². The van der Waals surface area contributed by atoms with Crippen molar-refractivity contribution in [2.75, 3.05) is 0 Å². The average Bonchev–Trinajstić information content (AvgIpc) is 2.24. The molecule has 0 aliphatic carbocycles. The summed E-state index contributed by atoms with van der Waals surface area (Å²) in [5, 5.41) is 0. The third-order valence-electron chi connectivity index (χ3n) is 4.56. The lowest BCUT2D eigenvalue weighted by Crippen LogP contribution is -2.34. The van der Waals surface area contributed by atoms with Crippen LogP contribution in [0.5, 0.6) is 0 Å². The molecule has 2 unspecified atom stereocenters. The van der Waals surface area contributed by atoms with E-state index in [-0.39, 0.29) is 0 Å². The second-order valence-corrected chi connectivity index (χ2v) is 5.93. The zero-order valence-electron chi connectivity index (χ0n) is 12.6. The fraction of sp³-hybridized carbons (Fsp3) is 1.00. The summed E-state index contributed by atoms with van der Waals surface area (Å²) in [6.45, 7) is 14.4. The molecule has 0 aliphatic heterocycles. The molecule has 0 aromatic rings. The second kappa shape index (κ2) is 8.14. The van der Waals surface area contributed by atoms with E-state index in [1.807, 2.05) is 0 Å². The van der Waals surface area contributed by atoms with E-state index < -0.39 is 0 Å². The zero-order chi connectivity index (χ0) is 12.6. The Morgan fingerprint density at radius 1 is 0.812 bits per heavy atom. The molecule has 0 rings (SSSR count). The normalized spacial score (nSPS) is 17.4. The van der Waals surface area contributed by atoms with Crippen LogP contribution in [0.25, 0.3) is 0 Å². The predicted molar refractivity (Wildman–Crippen MR) is 75.8 cm³/mol. The fourth-order valence-corrected chi connectivity index (χ4v) is 3.46. The van der Waals surface area contributed by atoms with Gasteiger partial charge >= 0.3 is 0 Å². The van der Waals surface area contributed by atoms with Gasteiger partial charge in [0.05, 0.1) is 0 Å². The van der Waals surface area contributed by atoms with E-state index in [1.165, 1.54) is 44.9 Å². The van der Waals surface area contributed by atoms with Gasteiger partial charge in [-0.2, -0.15) is 0 Å². The van der Waals surface area contributed by atoms with Crippen LogP contribution in [0.2, 0.25) is 0 Å². The van der Waals surface area contributed by atoms with Gasteiger partial charge in [-0.25, -0.2) is 0 Å². The van der Waals surface area contributed by atoms with Crippen molar-refractivity contribution < 1.29 is 0 Å². The van der Waals surface area contributed by atoms with Gasteiger partial charge in [-0.3, -0.25) is 0 Å². The largest absolute Gasteiger partial charge is 0.0654 e. The third kappa shape index (κ3) is 4.11. The summed E-state index contributed by atoms with van der Waals surface area (Å²) in [4.78, 5) is 0. The molecule has 0 N–H and O–H groups in total. The van der Waals surface area contributed by atoms with Crippen molar-refractivity contribution in [3.8, 4) is 0 Å². The molecule has 0 amide bonds. The van der Waals surface area contributed by atoms with E-state index >= 15 is 0 Å². The highest BCUT2D eigenvalue weighted by atomic mass is 14.4. The van der Waals surface area contributed by atoms with E-state index in [0.29, 0.717) is 5.41 Å². The van der Waals surface area contributed by atoms with E-state index in [1.54, 1.807) is 0 Å². The van der Waals surface area contributed by atoms with Gasteiger partial charge in [-0.05, 0) is 30.1 Å². The maximum atomic E-state index is 2.49. The monoisotopic (exact) mass is 226 g/mol. The fourth-order valence-electron chi connectivity index (χ4n) is 3.46. The summed E-state index contributed by atoms with van der Waals surface area (Å²) in [5.74, 6) is 1.73. The minimum absolute atomic E-state index is 0.612. The SMILES string of the molecule is CCCCC(CCC)(C(C)C)C(C)CCC. The van der Waals surface area contributed by atoms with Crippen molar-refractivity contribution in [3.63, 3.8) is 0 Å². The first kappa shape index (κ1) is 16.0. The maximum absolute atomic E-state index is 2.49. The summed E-state index contributed by atoms with van der Waals surface area (Å²) in [5.41, 5.74) is 0.612. The van der Waals surface area contributed by atoms with Crippen LogP contribution in [0.3, 0.4) is 0 Å². The number of hydrogen-bond acceptors (Lipinski definition) is 0. The molecule has 0 aromatic heterocycles. The van der Waals surface area contributed by atoms with Crippen LogP contribution in [-0.4, -0.2) is 0 Å². The van der Waals surface area contributed by atoms with Crippen LogP contribution >= 0.6 is 0 Å². The van der Waals surface area contributed by atoms with Crippen molar-refractivity contribution in [2.45, 2.75) is 86.5 Å². The standard InChI is InChI=1S/C16H34/c1-7-10-13-16(12-9-3,14(4)5)15(6)11-8-2/h14-15H,7-13H2,1-6H3. The van der Waals surface area contributed by atoms with E-state index in [2.05, 4.69) is 41.5 Å². The Morgan fingerprint density at radius 2 is 1.44 bits per heavy atom. The van der Waals surface area contributed by atoms with Crippen LogP contribution in [0, 0.1) is 17.3 Å². The Kier molecular flexibility index (Phi) is 8.14. The quantitative estimate of drug-likeness (QED) is 0.448. The Bertz CT molecular complexity index is 159. The van der Waals surface area contributed by atoms with Crippen LogP contribution < -0.4 is 0 Å². The molecule has 0 saturated carbocycles. The van der Waals surface area contributed by atoms with Gasteiger partial charge in [0.25, 0.3) is 0 Å². The van der Waals surface area contributed by atoms with E-state index in [4.69, 9.17) is 0 Å². The van der Waals surface area contributed by atoms with Crippen molar-refractivity contribution in [1.82, 2.24) is 0 Å². The molecule has 0 radical (unpaired) electrons. The molecule has 0 heterocycles. The molecule has 0 bridgehead atoms. The molecule has 0 saturated heterocycles. The second-order valence-electron chi connectivity index (χ2n) is 5.93. The lowest BCUT2D eigenvalue weighted by Gasteiger charge is -2.43. The molecule has 0 nitrogen and oxygen atoms in total. The Morgan fingerprint density at radius 3 is 1.81 bits per heavy atom. The molecule has 0 spiro atoms. The summed E-state index contributed by atoms with van der Waals surface area (Å²) in [6.07, 6.45) is 9.70. The van der Waals surface area contributed by atoms with Gasteiger partial charge in [-0.15, -0.1) is 0 Å². The molecular formula is C16H34. The summed E-state index contributed by atoms with van der Waals surface area (Å²) < 4.78 is 0. The Labute approximate surface area is 104 Å². The van der Waals surface area contributed by atoms with Crippen LogP contribution in [0.1, 0.15) is 86.5 Å². The summed E-state index contributed by atoms with van der Waals surface area (Å²) in [6, 6.07) is 0. The minimum atomic E-state index is 0.612. The van der Waals surface area contributed by atoms with Crippen molar-refractivity contribution in [1.29, 1.82) is 0 Å². The van der Waals surface area contributed by atoms with Crippen LogP contribution in [0.15, 0.2) is 0 Å². The minimum Gasteiger partial charge on any atom is -0.0654 e. The Balaban J connectivity index is 4.76. The maximum Gasteiger partial charge on any atom is -0.0249 e. The first-order valence-electron chi connectivity index (χ1n) is 7.55. The highest BCUT2D eigenvalue weighted by Gasteiger charge is 2.36. The van der Waals surface area contributed by atoms with Crippen LogP contribution in [0.4, 0.5) is 0 Å². The zero-order valence-corrected chi connectivity index (χ0v) is 12.6. The highest BCUT2D eigenvalue weighted by molar-refractivity contribution is 4.86. The van der Waals surface area contributed by atoms with Gasteiger partial charge in [0.15, 0.2) is 0 Å². The average molecular weight is 226 g/mol. The van der Waals surface area contributed by atoms with E-state index in [9.17, 15) is 0 Å². The summed E-state index contributed by atoms with van der Waals surface area (Å²) >= 11 is 0. The Hall–Kier alpha value is 0. The number of rotatable bonds is 9. The van der Waals surface area contributed by atoms with Crippen LogP contribution in [-0.2, 0) is 0 Å². The molecule has 2 atom stereocenters. The predicted octanol–water partition coefficient (Wildman–Crippen LogP) is 6.06. The summed E-state index contributed by atoms with van der Waals surface area (Å²) in [7, 11) is 0. The van der Waals surface area contributed by atoms with E-state index in [0.717, 1.165) is 11.8 Å². The molecular weight excluding hydrogens is 192 g/mol. The van der Waals surface area contributed by atoms with Gasteiger partial charge in [0.2, 0.25) is 0 Å². The van der Waals surface area contributed by atoms with Gasteiger partial charge < -0.3 is 0 Å². The molecule has 0 heteroatoms. The topological polar surface area (TPSA) is 0 Å². The van der Waals surface area contributed by atoms with Gasteiger partial charge in [0, 0.05) is 0 Å². The smallest absolute Gasteiger partial charge is 0.0249 e. The lowest BCUT2D eigenvalue weighted by atomic mass is 9.62. The van der Waals surface area contributed by atoms with Crippen molar-refractivity contribution in [3.05, 3.63) is 0 Å². The van der Waals surface area contributed by atoms with Gasteiger partial charge in [0.1, 0.15) is 0 Å². The van der Waals surface area contributed by atoms with Gasteiger partial charge in [-0.1, -0.05) is 73.6 Å². The number of hydrogen-bond donors (Lipinski definition) is 0. The molecule has 0 fully saturated rings.